The van der Waals surface area contributed by atoms with Crippen LogP contribution in [0.25, 0.3) is 0 Å². The Morgan fingerprint density at radius 1 is 1.39 bits per heavy atom. The van der Waals surface area contributed by atoms with Gasteiger partial charge in [0, 0.05) is 13.1 Å². The van der Waals surface area contributed by atoms with E-state index in [1.54, 1.807) is 6.92 Å². The summed E-state index contributed by atoms with van der Waals surface area (Å²) in [6.45, 7) is 2.23. The lowest BCUT2D eigenvalue weighted by molar-refractivity contribution is -0.137. The Bertz CT molecular complexity index is 466. The van der Waals surface area contributed by atoms with Gasteiger partial charge in [0.1, 0.15) is 10.8 Å². The molecule has 0 aliphatic carbocycles. The number of hydrogen-bond acceptors (Lipinski definition) is 3. The van der Waals surface area contributed by atoms with Crippen LogP contribution < -0.4 is 0 Å². The van der Waals surface area contributed by atoms with Gasteiger partial charge in [0.15, 0.2) is 0 Å². The largest absolute Gasteiger partial charge is 0.481 e. The van der Waals surface area contributed by atoms with Crippen molar-refractivity contribution < 1.29 is 14.7 Å². The molecule has 1 N–H and O–H groups in total. The van der Waals surface area contributed by atoms with Gasteiger partial charge < -0.3 is 10.0 Å². The predicted molar refractivity (Wildman–Crippen MR) is 68.1 cm³/mol. The summed E-state index contributed by atoms with van der Waals surface area (Å²) in [5.74, 6) is -1.39. The van der Waals surface area contributed by atoms with Crippen molar-refractivity contribution >= 4 is 35.1 Å². The molecule has 0 aliphatic rings. The van der Waals surface area contributed by atoms with Gasteiger partial charge in [-0.05, 0) is 19.1 Å². The second-order valence-electron chi connectivity index (χ2n) is 3.49. The van der Waals surface area contributed by atoms with Crippen molar-refractivity contribution in [3.8, 4) is 0 Å². The second kappa shape index (κ2) is 6.56. The lowest BCUT2D eigenvalue weighted by atomic mass is 10.3. The zero-order valence-corrected chi connectivity index (χ0v) is 11.2. The molecule has 1 aromatic rings. The van der Waals surface area contributed by atoms with E-state index in [1.807, 2.05) is 0 Å². The molecule has 1 amide bonds. The lowest BCUT2D eigenvalue weighted by Gasteiger charge is -2.19. The van der Waals surface area contributed by atoms with Crippen LogP contribution in [0.1, 0.15) is 23.8 Å². The summed E-state index contributed by atoms with van der Waals surface area (Å²) in [5.41, 5.74) is 0.0383. The highest BCUT2D eigenvalue weighted by Gasteiger charge is 2.19. The third-order valence-electron chi connectivity index (χ3n) is 2.28. The monoisotopic (exact) mass is 290 g/mol. The zero-order chi connectivity index (χ0) is 13.7. The van der Waals surface area contributed by atoms with Crippen molar-refractivity contribution in [2.75, 3.05) is 13.1 Å². The van der Waals surface area contributed by atoms with Gasteiger partial charge in [-0.2, -0.15) is 0 Å². The van der Waals surface area contributed by atoms with Crippen LogP contribution in [-0.2, 0) is 4.79 Å². The highest BCUT2D eigenvalue weighted by Crippen LogP contribution is 2.18. The minimum absolute atomic E-state index is 0.0383. The predicted octanol–water partition coefficient (Wildman–Crippen LogP) is 2.33. The average Bonchev–Trinajstić information content (AvgIpc) is 2.32. The summed E-state index contributed by atoms with van der Waals surface area (Å²) in [6.07, 6.45) is -0.127. The maximum Gasteiger partial charge on any atom is 0.305 e. The number of nitrogens with zero attached hydrogens (tertiary/aromatic N) is 2. The first-order valence-corrected chi connectivity index (χ1v) is 6.04. The van der Waals surface area contributed by atoms with Gasteiger partial charge in [-0.1, -0.05) is 23.2 Å². The van der Waals surface area contributed by atoms with E-state index in [0.717, 1.165) is 0 Å². The molecule has 0 unspecified atom stereocenters. The molecule has 1 rings (SSSR count). The number of carboxylic acids is 1. The Kier molecular flexibility index (Phi) is 5.37. The molecule has 0 atom stereocenters. The van der Waals surface area contributed by atoms with Crippen LogP contribution >= 0.6 is 23.2 Å². The SMILES string of the molecule is CCN(CCC(=O)O)C(=O)c1nc(Cl)ccc1Cl. The van der Waals surface area contributed by atoms with E-state index in [0.29, 0.717) is 6.54 Å². The van der Waals surface area contributed by atoms with Gasteiger partial charge in [-0.3, -0.25) is 9.59 Å². The van der Waals surface area contributed by atoms with E-state index in [4.69, 9.17) is 28.3 Å². The second-order valence-corrected chi connectivity index (χ2v) is 4.29. The Hall–Kier alpha value is -1.33. The summed E-state index contributed by atoms with van der Waals surface area (Å²) < 4.78 is 0. The van der Waals surface area contributed by atoms with E-state index < -0.39 is 11.9 Å². The smallest absolute Gasteiger partial charge is 0.305 e. The minimum Gasteiger partial charge on any atom is -0.481 e. The third-order valence-corrected chi connectivity index (χ3v) is 2.79. The number of aromatic nitrogens is 1. The molecule has 0 fully saturated rings. The highest BCUT2D eigenvalue weighted by atomic mass is 35.5. The Morgan fingerprint density at radius 3 is 2.61 bits per heavy atom. The van der Waals surface area contributed by atoms with Crippen LogP contribution in [-0.4, -0.2) is 40.0 Å². The molecule has 0 saturated carbocycles. The first kappa shape index (κ1) is 14.7. The minimum atomic E-state index is -0.966. The molecular weight excluding hydrogens is 279 g/mol. The molecule has 1 heterocycles. The summed E-state index contributed by atoms with van der Waals surface area (Å²) >= 11 is 11.6. The van der Waals surface area contributed by atoms with Crippen LogP contribution in [0.2, 0.25) is 10.2 Å². The van der Waals surface area contributed by atoms with E-state index in [-0.39, 0.29) is 28.8 Å². The van der Waals surface area contributed by atoms with Crippen LogP contribution in [0.5, 0.6) is 0 Å². The first-order chi connectivity index (χ1) is 8.45. The fourth-order valence-corrected chi connectivity index (χ4v) is 1.69. The van der Waals surface area contributed by atoms with Gasteiger partial charge in [0.05, 0.1) is 11.4 Å². The number of carbonyl (C=O) groups is 2. The molecule has 0 bridgehead atoms. The standard InChI is InChI=1S/C11H12Cl2N2O3/c1-2-15(6-5-9(16)17)11(18)10-7(12)3-4-8(13)14-10/h3-4H,2,5-6H2,1H3,(H,16,17). The molecule has 18 heavy (non-hydrogen) atoms. The van der Waals surface area contributed by atoms with E-state index >= 15 is 0 Å². The number of amides is 1. The number of rotatable bonds is 5. The van der Waals surface area contributed by atoms with Crippen molar-refractivity contribution in [3.05, 3.63) is 28.0 Å². The number of aliphatic carboxylic acids is 1. The normalized spacial score (nSPS) is 10.2. The summed E-state index contributed by atoms with van der Waals surface area (Å²) in [4.78, 5) is 27.8. The fourth-order valence-electron chi connectivity index (χ4n) is 1.35. The number of pyridine rings is 1. The van der Waals surface area contributed by atoms with Crippen molar-refractivity contribution in [1.82, 2.24) is 9.88 Å². The van der Waals surface area contributed by atoms with Gasteiger partial charge in [-0.25, -0.2) is 4.98 Å². The maximum atomic E-state index is 12.1. The molecule has 0 radical (unpaired) electrons. The molecule has 0 spiro atoms. The van der Waals surface area contributed by atoms with Gasteiger partial charge in [0.25, 0.3) is 5.91 Å². The lowest BCUT2D eigenvalue weighted by Crippen LogP contribution is -2.33. The van der Waals surface area contributed by atoms with Crippen molar-refractivity contribution in [3.63, 3.8) is 0 Å². The summed E-state index contributed by atoms with van der Waals surface area (Å²) in [6, 6.07) is 2.96. The molecular formula is C11H12Cl2N2O3. The number of halogens is 2. The zero-order valence-electron chi connectivity index (χ0n) is 9.69. The van der Waals surface area contributed by atoms with Crippen molar-refractivity contribution in [2.24, 2.45) is 0 Å². The van der Waals surface area contributed by atoms with Crippen molar-refractivity contribution in [1.29, 1.82) is 0 Å². The van der Waals surface area contributed by atoms with Crippen LogP contribution in [0.15, 0.2) is 12.1 Å². The number of hydrogen-bond donors (Lipinski definition) is 1. The third kappa shape index (κ3) is 3.85. The number of carbonyl (C=O) groups excluding carboxylic acids is 1. The van der Waals surface area contributed by atoms with E-state index in [9.17, 15) is 9.59 Å². The summed E-state index contributed by atoms with van der Waals surface area (Å²) in [5, 5.41) is 8.96. The highest BCUT2D eigenvalue weighted by molar-refractivity contribution is 6.34. The molecule has 5 nitrogen and oxygen atoms in total. The van der Waals surface area contributed by atoms with Gasteiger partial charge in [0.2, 0.25) is 0 Å². The van der Waals surface area contributed by atoms with Gasteiger partial charge in [-0.15, -0.1) is 0 Å². The molecule has 0 aliphatic heterocycles. The fraction of sp³-hybridized carbons (Fsp3) is 0.364. The van der Waals surface area contributed by atoms with Crippen LogP contribution in [0.4, 0.5) is 0 Å². The molecule has 7 heteroatoms. The Morgan fingerprint density at radius 2 is 2.06 bits per heavy atom. The quantitative estimate of drug-likeness (QED) is 0.845. The molecule has 98 valence electrons. The van der Waals surface area contributed by atoms with E-state index in [1.165, 1.54) is 17.0 Å². The maximum absolute atomic E-state index is 12.1. The summed E-state index contributed by atoms with van der Waals surface area (Å²) in [7, 11) is 0. The van der Waals surface area contributed by atoms with Crippen molar-refractivity contribution in [2.45, 2.75) is 13.3 Å². The average molecular weight is 291 g/mol. The molecule has 0 saturated heterocycles. The topological polar surface area (TPSA) is 70.5 Å². The first-order valence-electron chi connectivity index (χ1n) is 5.28. The van der Waals surface area contributed by atoms with Crippen LogP contribution in [0, 0.1) is 0 Å². The Labute approximate surface area is 114 Å². The Balaban J connectivity index is 2.89. The molecule has 0 aromatic carbocycles. The van der Waals surface area contributed by atoms with Crippen LogP contribution in [0.3, 0.4) is 0 Å². The number of carboxylic acid groups (broad SMARTS) is 1. The van der Waals surface area contributed by atoms with E-state index in [2.05, 4.69) is 4.98 Å². The molecule has 1 aromatic heterocycles. The van der Waals surface area contributed by atoms with Gasteiger partial charge >= 0.3 is 5.97 Å².